The summed E-state index contributed by atoms with van der Waals surface area (Å²) in [6, 6.07) is 14.4. The van der Waals surface area contributed by atoms with E-state index < -0.39 is 0 Å². The van der Waals surface area contributed by atoms with Gasteiger partial charge in [-0.05, 0) is 29.7 Å². The first kappa shape index (κ1) is 13.8. The van der Waals surface area contributed by atoms with Crippen LogP contribution in [0.4, 0.5) is 0 Å². The third-order valence-electron chi connectivity index (χ3n) is 3.22. The Labute approximate surface area is 114 Å². The SMILES string of the molecule is CCOCCCC(=O)Cc1cccc2ccccc12. The molecular formula is C17H20O2. The molecule has 0 amide bonds. The fraction of sp³-hybridized carbons (Fsp3) is 0.353. The van der Waals surface area contributed by atoms with Crippen molar-refractivity contribution >= 4 is 16.6 Å². The highest BCUT2D eigenvalue weighted by atomic mass is 16.5. The Kier molecular flexibility index (Phi) is 5.10. The highest BCUT2D eigenvalue weighted by molar-refractivity contribution is 5.90. The third-order valence-corrected chi connectivity index (χ3v) is 3.22. The summed E-state index contributed by atoms with van der Waals surface area (Å²) in [5.41, 5.74) is 1.12. The molecule has 0 fully saturated rings. The molecule has 100 valence electrons. The number of ether oxygens (including phenoxy) is 1. The maximum atomic E-state index is 12.0. The topological polar surface area (TPSA) is 26.3 Å². The van der Waals surface area contributed by atoms with Gasteiger partial charge in [0.05, 0.1) is 0 Å². The normalized spacial score (nSPS) is 10.8. The standard InChI is InChI=1S/C17H20O2/c1-2-19-12-6-10-16(18)13-15-9-5-8-14-7-3-4-11-17(14)15/h3-5,7-9,11H,2,6,10,12-13H2,1H3. The number of hydrogen-bond acceptors (Lipinski definition) is 2. The number of ketones is 1. The molecule has 2 aromatic carbocycles. The van der Waals surface area contributed by atoms with E-state index in [1.807, 2.05) is 31.2 Å². The minimum absolute atomic E-state index is 0.288. The molecule has 0 saturated carbocycles. The monoisotopic (exact) mass is 256 g/mol. The number of carbonyl (C=O) groups excluding carboxylic acids is 1. The first-order chi connectivity index (χ1) is 9.31. The second-order valence-electron chi connectivity index (χ2n) is 4.65. The van der Waals surface area contributed by atoms with Crippen molar-refractivity contribution in [1.82, 2.24) is 0 Å². The lowest BCUT2D eigenvalue weighted by Crippen LogP contribution is -2.05. The van der Waals surface area contributed by atoms with Gasteiger partial charge in [-0.15, -0.1) is 0 Å². The molecule has 0 N–H and O–H groups in total. The van der Waals surface area contributed by atoms with Crippen molar-refractivity contribution in [2.75, 3.05) is 13.2 Å². The number of rotatable bonds is 7. The van der Waals surface area contributed by atoms with E-state index in [0.717, 1.165) is 18.6 Å². The number of carbonyl (C=O) groups is 1. The van der Waals surface area contributed by atoms with E-state index in [2.05, 4.69) is 18.2 Å². The number of benzene rings is 2. The molecule has 19 heavy (non-hydrogen) atoms. The highest BCUT2D eigenvalue weighted by Gasteiger charge is 2.06. The van der Waals surface area contributed by atoms with E-state index in [4.69, 9.17) is 4.74 Å². The van der Waals surface area contributed by atoms with Gasteiger partial charge in [-0.1, -0.05) is 42.5 Å². The summed E-state index contributed by atoms with van der Waals surface area (Å²) < 4.78 is 5.25. The zero-order valence-corrected chi connectivity index (χ0v) is 11.4. The number of fused-ring (bicyclic) bond motifs is 1. The van der Waals surface area contributed by atoms with Gasteiger partial charge in [-0.25, -0.2) is 0 Å². The Morgan fingerprint density at radius 3 is 2.74 bits per heavy atom. The van der Waals surface area contributed by atoms with Gasteiger partial charge in [-0.3, -0.25) is 4.79 Å². The van der Waals surface area contributed by atoms with Crippen LogP contribution >= 0.6 is 0 Å². The van der Waals surface area contributed by atoms with Crippen LogP contribution in [-0.4, -0.2) is 19.0 Å². The van der Waals surface area contributed by atoms with Crippen molar-refractivity contribution in [2.45, 2.75) is 26.2 Å². The van der Waals surface area contributed by atoms with Crippen LogP contribution in [0, 0.1) is 0 Å². The summed E-state index contributed by atoms with van der Waals surface area (Å²) in [5.74, 6) is 0.288. The molecule has 0 radical (unpaired) electrons. The van der Waals surface area contributed by atoms with Gasteiger partial charge in [0.1, 0.15) is 5.78 Å². The average molecular weight is 256 g/mol. The highest BCUT2D eigenvalue weighted by Crippen LogP contribution is 2.19. The molecule has 2 rings (SSSR count). The Morgan fingerprint density at radius 2 is 1.89 bits per heavy atom. The Morgan fingerprint density at radius 1 is 1.11 bits per heavy atom. The maximum absolute atomic E-state index is 12.0. The molecule has 2 aromatic rings. The van der Waals surface area contributed by atoms with Crippen molar-refractivity contribution in [3.8, 4) is 0 Å². The molecular weight excluding hydrogens is 236 g/mol. The van der Waals surface area contributed by atoms with E-state index in [9.17, 15) is 4.79 Å². The van der Waals surface area contributed by atoms with Gasteiger partial charge in [0.25, 0.3) is 0 Å². The van der Waals surface area contributed by atoms with E-state index >= 15 is 0 Å². The lowest BCUT2D eigenvalue weighted by molar-refractivity contribution is -0.118. The van der Waals surface area contributed by atoms with Crippen LogP contribution in [0.3, 0.4) is 0 Å². The van der Waals surface area contributed by atoms with Gasteiger partial charge >= 0.3 is 0 Å². The fourth-order valence-electron chi connectivity index (χ4n) is 2.26. The van der Waals surface area contributed by atoms with Crippen molar-refractivity contribution in [2.24, 2.45) is 0 Å². The number of hydrogen-bond donors (Lipinski definition) is 0. The molecule has 2 heteroatoms. The van der Waals surface area contributed by atoms with Crippen LogP contribution in [-0.2, 0) is 16.0 Å². The van der Waals surface area contributed by atoms with Crippen molar-refractivity contribution in [3.63, 3.8) is 0 Å². The molecule has 0 heterocycles. The van der Waals surface area contributed by atoms with Gasteiger partial charge in [-0.2, -0.15) is 0 Å². The largest absolute Gasteiger partial charge is 0.382 e. The van der Waals surface area contributed by atoms with E-state index in [0.29, 0.717) is 19.4 Å². The molecule has 0 aliphatic carbocycles. The molecule has 0 aliphatic rings. The van der Waals surface area contributed by atoms with Crippen LogP contribution in [0.25, 0.3) is 10.8 Å². The molecule has 0 spiro atoms. The Bertz CT molecular complexity index is 540. The van der Waals surface area contributed by atoms with Crippen LogP contribution in [0.2, 0.25) is 0 Å². The summed E-state index contributed by atoms with van der Waals surface area (Å²) in [7, 11) is 0. The van der Waals surface area contributed by atoms with Crippen molar-refractivity contribution < 1.29 is 9.53 Å². The molecule has 0 bridgehead atoms. The molecule has 2 nitrogen and oxygen atoms in total. The summed E-state index contributed by atoms with van der Waals surface area (Å²) in [6.07, 6.45) is 1.94. The summed E-state index contributed by atoms with van der Waals surface area (Å²) in [4.78, 5) is 12.0. The van der Waals surface area contributed by atoms with Gasteiger partial charge in [0.2, 0.25) is 0 Å². The third kappa shape index (κ3) is 3.90. The van der Waals surface area contributed by atoms with Crippen molar-refractivity contribution in [3.05, 3.63) is 48.0 Å². The quantitative estimate of drug-likeness (QED) is 0.705. The zero-order chi connectivity index (χ0) is 13.5. The van der Waals surface area contributed by atoms with E-state index in [-0.39, 0.29) is 5.78 Å². The average Bonchev–Trinajstić information content (AvgIpc) is 2.44. The van der Waals surface area contributed by atoms with Crippen LogP contribution < -0.4 is 0 Å². The van der Waals surface area contributed by atoms with Crippen LogP contribution in [0.15, 0.2) is 42.5 Å². The summed E-state index contributed by atoms with van der Waals surface area (Å²) >= 11 is 0. The zero-order valence-electron chi connectivity index (χ0n) is 11.4. The smallest absolute Gasteiger partial charge is 0.137 e. The first-order valence-corrected chi connectivity index (χ1v) is 6.87. The second kappa shape index (κ2) is 7.05. The van der Waals surface area contributed by atoms with Gasteiger partial charge in [0, 0.05) is 26.1 Å². The minimum atomic E-state index is 0.288. The van der Waals surface area contributed by atoms with E-state index in [1.54, 1.807) is 0 Å². The van der Waals surface area contributed by atoms with Crippen molar-refractivity contribution in [1.29, 1.82) is 0 Å². The predicted molar refractivity (Wildman–Crippen MR) is 78.4 cm³/mol. The maximum Gasteiger partial charge on any atom is 0.137 e. The number of Topliss-reactive ketones (excluding diaryl/α,β-unsaturated/α-hetero) is 1. The van der Waals surface area contributed by atoms with Gasteiger partial charge in [0.15, 0.2) is 0 Å². The van der Waals surface area contributed by atoms with Gasteiger partial charge < -0.3 is 4.74 Å². The van der Waals surface area contributed by atoms with E-state index in [1.165, 1.54) is 10.8 Å². The summed E-state index contributed by atoms with van der Waals surface area (Å²) in [5, 5.41) is 2.38. The lowest BCUT2D eigenvalue weighted by Gasteiger charge is -2.06. The minimum Gasteiger partial charge on any atom is -0.382 e. The predicted octanol–water partition coefficient (Wildman–Crippen LogP) is 3.77. The molecule has 0 aliphatic heterocycles. The lowest BCUT2D eigenvalue weighted by atomic mass is 9.99. The fourth-order valence-corrected chi connectivity index (χ4v) is 2.26. The molecule has 0 aromatic heterocycles. The van der Waals surface area contributed by atoms with Crippen LogP contribution in [0.5, 0.6) is 0 Å². The first-order valence-electron chi connectivity index (χ1n) is 6.87. The Balaban J connectivity index is 1.99. The molecule has 0 atom stereocenters. The molecule has 0 unspecified atom stereocenters. The summed E-state index contributed by atoms with van der Waals surface area (Å²) in [6.45, 7) is 3.37. The second-order valence-corrected chi connectivity index (χ2v) is 4.65. The molecule has 0 saturated heterocycles. The van der Waals surface area contributed by atoms with Crippen LogP contribution in [0.1, 0.15) is 25.3 Å². The Hall–Kier alpha value is -1.67.